The third-order valence-corrected chi connectivity index (χ3v) is 3.66. The van der Waals surface area contributed by atoms with Crippen molar-refractivity contribution in [1.82, 2.24) is 0 Å². The second kappa shape index (κ2) is 5.97. The Morgan fingerprint density at radius 3 is 2.48 bits per heavy atom. The smallest absolute Gasteiger partial charge is 0.336 e. The molecule has 0 unspecified atom stereocenters. The predicted octanol–water partition coefficient (Wildman–Crippen LogP) is 3.91. The maximum atomic E-state index is 12.2. The van der Waals surface area contributed by atoms with Crippen LogP contribution in [0.1, 0.15) is 31.8 Å². The van der Waals surface area contributed by atoms with Crippen molar-refractivity contribution < 1.29 is 14.7 Å². The van der Waals surface area contributed by atoms with E-state index in [2.05, 4.69) is 5.32 Å². The van der Waals surface area contributed by atoms with Gasteiger partial charge in [-0.3, -0.25) is 4.79 Å². The zero-order chi connectivity index (χ0) is 15.6. The fourth-order valence-electron chi connectivity index (χ4n) is 1.98. The highest BCUT2D eigenvalue weighted by Gasteiger charge is 2.13. The highest BCUT2D eigenvalue weighted by Crippen LogP contribution is 2.21. The van der Waals surface area contributed by atoms with Crippen molar-refractivity contribution in [3.63, 3.8) is 0 Å². The Labute approximate surface area is 127 Å². The molecule has 2 rings (SSSR count). The van der Waals surface area contributed by atoms with Crippen LogP contribution in [0.5, 0.6) is 0 Å². The number of halogens is 1. The minimum atomic E-state index is -1.02. The molecule has 0 atom stereocenters. The van der Waals surface area contributed by atoms with Crippen molar-refractivity contribution in [2.75, 3.05) is 5.32 Å². The molecule has 0 bridgehead atoms. The van der Waals surface area contributed by atoms with E-state index in [1.54, 1.807) is 37.3 Å². The van der Waals surface area contributed by atoms with Crippen LogP contribution in [0.2, 0.25) is 5.02 Å². The van der Waals surface area contributed by atoms with E-state index in [1.165, 1.54) is 6.07 Å². The molecular weight excluding hydrogens is 290 g/mol. The maximum absolute atomic E-state index is 12.2. The number of nitrogens with one attached hydrogen (secondary N) is 1. The summed E-state index contributed by atoms with van der Waals surface area (Å²) in [6.45, 7) is 3.47. The molecule has 1 amide bonds. The van der Waals surface area contributed by atoms with Crippen LogP contribution in [-0.4, -0.2) is 17.0 Å². The summed E-state index contributed by atoms with van der Waals surface area (Å²) in [7, 11) is 0. The number of anilines is 1. The SMILES string of the molecule is Cc1cc(C(=O)Nc2cccc(C(=O)O)c2C)ccc1Cl. The van der Waals surface area contributed by atoms with Crippen molar-refractivity contribution in [3.8, 4) is 0 Å². The standard InChI is InChI=1S/C16H14ClNO3/c1-9-8-11(6-7-13(9)17)15(19)18-14-5-3-4-12(10(14)2)16(20)21/h3-8H,1-2H3,(H,18,19)(H,20,21). The third-order valence-electron chi connectivity index (χ3n) is 3.23. The number of aromatic carboxylic acids is 1. The Kier molecular flexibility index (Phi) is 4.29. The van der Waals surface area contributed by atoms with Crippen LogP contribution in [0.25, 0.3) is 0 Å². The van der Waals surface area contributed by atoms with Gasteiger partial charge in [0.05, 0.1) is 5.56 Å². The first-order valence-electron chi connectivity index (χ1n) is 6.30. The fraction of sp³-hybridized carbons (Fsp3) is 0.125. The van der Waals surface area contributed by atoms with E-state index >= 15 is 0 Å². The monoisotopic (exact) mass is 303 g/mol. The van der Waals surface area contributed by atoms with Gasteiger partial charge < -0.3 is 10.4 Å². The lowest BCUT2D eigenvalue weighted by molar-refractivity contribution is 0.0695. The topological polar surface area (TPSA) is 66.4 Å². The molecule has 2 aromatic carbocycles. The summed E-state index contributed by atoms with van der Waals surface area (Å²) in [4.78, 5) is 23.3. The van der Waals surface area contributed by atoms with E-state index in [1.807, 2.05) is 6.92 Å². The van der Waals surface area contributed by atoms with Crippen molar-refractivity contribution in [2.45, 2.75) is 13.8 Å². The van der Waals surface area contributed by atoms with Gasteiger partial charge in [-0.15, -0.1) is 0 Å². The number of rotatable bonds is 3. The van der Waals surface area contributed by atoms with Gasteiger partial charge in [-0.1, -0.05) is 17.7 Å². The predicted molar refractivity (Wildman–Crippen MR) is 82.3 cm³/mol. The summed E-state index contributed by atoms with van der Waals surface area (Å²) in [6, 6.07) is 9.74. The molecule has 0 saturated carbocycles. The Bertz CT molecular complexity index is 725. The maximum Gasteiger partial charge on any atom is 0.336 e. The van der Waals surface area contributed by atoms with E-state index in [9.17, 15) is 9.59 Å². The summed E-state index contributed by atoms with van der Waals surface area (Å²) in [5, 5.41) is 12.4. The molecule has 0 aromatic heterocycles. The molecule has 4 nitrogen and oxygen atoms in total. The van der Waals surface area contributed by atoms with Gasteiger partial charge in [0.1, 0.15) is 0 Å². The second-order valence-corrected chi connectivity index (χ2v) is 5.11. The Hall–Kier alpha value is -2.33. The molecule has 0 radical (unpaired) electrons. The van der Waals surface area contributed by atoms with Crippen LogP contribution >= 0.6 is 11.6 Å². The number of hydrogen-bond acceptors (Lipinski definition) is 2. The molecule has 0 spiro atoms. The number of amides is 1. The average molecular weight is 304 g/mol. The average Bonchev–Trinajstić information content (AvgIpc) is 2.43. The molecule has 0 heterocycles. The first-order valence-corrected chi connectivity index (χ1v) is 6.68. The second-order valence-electron chi connectivity index (χ2n) is 4.70. The Morgan fingerprint density at radius 2 is 1.86 bits per heavy atom. The van der Waals surface area contributed by atoms with Crippen LogP contribution in [0.4, 0.5) is 5.69 Å². The molecular formula is C16H14ClNO3. The van der Waals surface area contributed by atoms with Crippen molar-refractivity contribution in [3.05, 3.63) is 63.7 Å². The molecule has 21 heavy (non-hydrogen) atoms. The minimum Gasteiger partial charge on any atom is -0.478 e. The molecule has 0 aliphatic heterocycles. The van der Waals surface area contributed by atoms with E-state index in [0.29, 0.717) is 21.8 Å². The number of carbonyl (C=O) groups excluding carboxylic acids is 1. The van der Waals surface area contributed by atoms with Gasteiger partial charge >= 0.3 is 5.97 Å². The molecule has 0 aliphatic rings. The van der Waals surface area contributed by atoms with E-state index in [-0.39, 0.29) is 11.5 Å². The summed E-state index contributed by atoms with van der Waals surface area (Å²) < 4.78 is 0. The lowest BCUT2D eigenvalue weighted by atomic mass is 10.1. The highest BCUT2D eigenvalue weighted by molar-refractivity contribution is 6.31. The largest absolute Gasteiger partial charge is 0.478 e. The van der Waals surface area contributed by atoms with Gasteiger partial charge in [0.2, 0.25) is 0 Å². The van der Waals surface area contributed by atoms with Crippen LogP contribution in [0.15, 0.2) is 36.4 Å². The van der Waals surface area contributed by atoms with E-state index in [0.717, 1.165) is 5.56 Å². The summed E-state index contributed by atoms with van der Waals surface area (Å²) >= 11 is 5.93. The summed E-state index contributed by atoms with van der Waals surface area (Å²) in [5.41, 5.74) is 2.44. The van der Waals surface area contributed by atoms with Gasteiger partial charge in [-0.05, 0) is 55.3 Å². The number of carbonyl (C=O) groups is 2. The number of carboxylic acids is 1. The van der Waals surface area contributed by atoms with E-state index in [4.69, 9.17) is 16.7 Å². The Morgan fingerprint density at radius 1 is 1.14 bits per heavy atom. The summed E-state index contributed by atoms with van der Waals surface area (Å²) in [5.74, 6) is -1.33. The van der Waals surface area contributed by atoms with Gasteiger partial charge in [-0.2, -0.15) is 0 Å². The van der Waals surface area contributed by atoms with Gasteiger partial charge in [0.15, 0.2) is 0 Å². The van der Waals surface area contributed by atoms with Gasteiger partial charge in [0, 0.05) is 16.3 Å². The molecule has 0 fully saturated rings. The first kappa shape index (κ1) is 15.1. The lowest BCUT2D eigenvalue weighted by Crippen LogP contribution is -2.14. The zero-order valence-corrected chi connectivity index (χ0v) is 12.4. The van der Waals surface area contributed by atoms with Gasteiger partial charge in [0.25, 0.3) is 5.91 Å². The van der Waals surface area contributed by atoms with Crippen molar-refractivity contribution in [1.29, 1.82) is 0 Å². The molecule has 5 heteroatoms. The highest BCUT2D eigenvalue weighted by atomic mass is 35.5. The third kappa shape index (κ3) is 3.23. The molecule has 0 saturated heterocycles. The van der Waals surface area contributed by atoms with Crippen LogP contribution in [0.3, 0.4) is 0 Å². The zero-order valence-electron chi connectivity index (χ0n) is 11.6. The molecule has 2 aromatic rings. The summed E-state index contributed by atoms with van der Waals surface area (Å²) in [6.07, 6.45) is 0. The van der Waals surface area contributed by atoms with Gasteiger partial charge in [-0.25, -0.2) is 4.79 Å². The Balaban J connectivity index is 2.29. The number of aryl methyl sites for hydroxylation is 1. The molecule has 0 aliphatic carbocycles. The van der Waals surface area contributed by atoms with E-state index < -0.39 is 5.97 Å². The fourth-order valence-corrected chi connectivity index (χ4v) is 2.10. The number of carboxylic acid groups (broad SMARTS) is 1. The quantitative estimate of drug-likeness (QED) is 0.903. The van der Waals surface area contributed by atoms with Crippen molar-refractivity contribution >= 4 is 29.2 Å². The normalized spacial score (nSPS) is 10.2. The first-order chi connectivity index (χ1) is 9.90. The van der Waals surface area contributed by atoms with Crippen molar-refractivity contribution in [2.24, 2.45) is 0 Å². The van der Waals surface area contributed by atoms with Crippen LogP contribution in [-0.2, 0) is 0 Å². The molecule has 108 valence electrons. The minimum absolute atomic E-state index is 0.167. The number of hydrogen-bond donors (Lipinski definition) is 2. The van der Waals surface area contributed by atoms with Crippen LogP contribution < -0.4 is 5.32 Å². The number of benzene rings is 2. The van der Waals surface area contributed by atoms with Crippen LogP contribution in [0, 0.1) is 13.8 Å². The lowest BCUT2D eigenvalue weighted by Gasteiger charge is -2.11. The molecule has 2 N–H and O–H groups in total.